The normalized spacial score (nSPS) is 29.0. The van der Waals surface area contributed by atoms with E-state index < -0.39 is 15.0 Å². The zero-order chi connectivity index (χ0) is 9.73. The van der Waals surface area contributed by atoms with Gasteiger partial charge in [-0.15, -0.1) is 0 Å². The molecule has 4 nitrogen and oxygen atoms in total. The predicted octanol–water partition coefficient (Wildman–Crippen LogP) is -0.815. The molecule has 1 amide bonds. The Hall–Kier alpha value is -0.653. The molecule has 1 saturated heterocycles. The van der Waals surface area contributed by atoms with Crippen LogP contribution in [0.4, 0.5) is 0 Å². The fraction of sp³-hybridized carbons (Fsp3) is 0.625. The number of carbonyl (C=O) groups excluding carboxylic acids is 1. The Bertz CT molecular complexity index is 202. The van der Waals surface area contributed by atoms with Crippen molar-refractivity contribution in [1.29, 1.82) is 0 Å². The lowest BCUT2D eigenvalue weighted by Crippen LogP contribution is -2.58. The molecule has 0 aromatic carbocycles. The van der Waals surface area contributed by atoms with Gasteiger partial charge in [-0.3, -0.25) is 4.79 Å². The molecule has 1 aliphatic rings. The van der Waals surface area contributed by atoms with Crippen molar-refractivity contribution in [2.75, 3.05) is 6.61 Å². The van der Waals surface area contributed by atoms with E-state index in [4.69, 9.17) is 10.1 Å². The van der Waals surface area contributed by atoms with E-state index in [1.54, 1.807) is 0 Å². The molecule has 5 heteroatoms. The second-order valence-corrected chi connectivity index (χ2v) is 4.75. The number of hydrogen-bond donors (Lipinski definition) is 2. The maximum Gasteiger partial charge on any atom is 0.245 e. The van der Waals surface area contributed by atoms with E-state index in [-0.39, 0.29) is 5.91 Å². The monoisotopic (exact) mass is 200 g/mol. The third kappa shape index (κ3) is 2.65. The van der Waals surface area contributed by atoms with Crippen LogP contribution in [-0.4, -0.2) is 27.5 Å². The molecule has 0 radical (unpaired) electrons. The molecule has 1 heterocycles. The van der Waals surface area contributed by atoms with Crippen LogP contribution >= 0.6 is 0 Å². The molecule has 1 rings (SSSR count). The molecular weight excluding hydrogens is 184 g/mol. The van der Waals surface area contributed by atoms with E-state index in [1.165, 1.54) is 6.08 Å². The summed E-state index contributed by atoms with van der Waals surface area (Å²) in [6.45, 7) is 4.09. The van der Waals surface area contributed by atoms with Crippen LogP contribution in [0.3, 0.4) is 0 Å². The van der Waals surface area contributed by atoms with E-state index in [0.29, 0.717) is 6.61 Å². The molecule has 13 heavy (non-hydrogen) atoms. The standard InChI is InChI=1S/C8H16N2O2Si/c1-2-7(11)10-8(13-9)5-3-4-6-12-8/h2H,1,3-6,9,13H2,(H,10,11). The van der Waals surface area contributed by atoms with Crippen LogP contribution in [0.15, 0.2) is 12.7 Å². The first kappa shape index (κ1) is 10.4. The van der Waals surface area contributed by atoms with Crippen LogP contribution in [0, 0.1) is 0 Å². The lowest BCUT2D eigenvalue weighted by molar-refractivity contribution is -0.125. The van der Waals surface area contributed by atoms with E-state index in [1.807, 2.05) is 0 Å². The van der Waals surface area contributed by atoms with Gasteiger partial charge in [-0.2, -0.15) is 0 Å². The van der Waals surface area contributed by atoms with Crippen LogP contribution in [0.5, 0.6) is 0 Å². The van der Waals surface area contributed by atoms with Crippen LogP contribution < -0.4 is 10.7 Å². The average molecular weight is 200 g/mol. The number of ether oxygens (including phenoxy) is 1. The molecule has 0 aromatic rings. The molecule has 0 spiro atoms. The van der Waals surface area contributed by atoms with Crippen molar-refractivity contribution < 1.29 is 9.53 Å². The Labute approximate surface area is 80.4 Å². The minimum Gasteiger partial charge on any atom is -0.358 e. The molecule has 0 aliphatic carbocycles. The smallest absolute Gasteiger partial charge is 0.245 e. The van der Waals surface area contributed by atoms with Gasteiger partial charge in [0.2, 0.25) is 5.91 Å². The minimum atomic E-state index is -0.893. The van der Waals surface area contributed by atoms with Crippen LogP contribution in [0.1, 0.15) is 19.3 Å². The van der Waals surface area contributed by atoms with Gasteiger partial charge in [0.15, 0.2) is 9.68 Å². The van der Waals surface area contributed by atoms with Crippen LogP contribution in [-0.2, 0) is 9.53 Å². The van der Waals surface area contributed by atoms with Crippen molar-refractivity contribution in [3.8, 4) is 0 Å². The number of amides is 1. The Balaban J connectivity index is 2.56. The highest BCUT2D eigenvalue weighted by atomic mass is 28.2. The van der Waals surface area contributed by atoms with Crippen molar-refractivity contribution in [2.24, 2.45) is 5.40 Å². The maximum atomic E-state index is 11.1. The van der Waals surface area contributed by atoms with Gasteiger partial charge in [-0.1, -0.05) is 6.58 Å². The van der Waals surface area contributed by atoms with Gasteiger partial charge >= 0.3 is 0 Å². The summed E-state index contributed by atoms with van der Waals surface area (Å²) in [5.41, 5.74) is 0. The average Bonchev–Trinajstić information content (AvgIpc) is 2.19. The van der Waals surface area contributed by atoms with Crippen molar-refractivity contribution >= 4 is 15.6 Å². The highest BCUT2D eigenvalue weighted by molar-refractivity contribution is 6.36. The largest absolute Gasteiger partial charge is 0.358 e. The number of nitrogens with one attached hydrogen (secondary N) is 1. The van der Waals surface area contributed by atoms with E-state index in [2.05, 4.69) is 11.9 Å². The van der Waals surface area contributed by atoms with Gasteiger partial charge in [-0.25, -0.2) is 0 Å². The van der Waals surface area contributed by atoms with E-state index in [9.17, 15) is 4.79 Å². The number of hydrogen-bond acceptors (Lipinski definition) is 3. The van der Waals surface area contributed by atoms with Gasteiger partial charge in [0.05, 0.1) is 0 Å². The molecular formula is C8H16N2O2Si. The van der Waals surface area contributed by atoms with Gasteiger partial charge in [0.25, 0.3) is 0 Å². The number of nitrogens with two attached hydrogens (primary N) is 1. The fourth-order valence-corrected chi connectivity index (χ4v) is 2.43. The molecule has 0 bridgehead atoms. The minimum absolute atomic E-state index is 0.195. The summed E-state index contributed by atoms with van der Waals surface area (Å²) in [6.07, 6.45) is 4.22. The summed E-state index contributed by atoms with van der Waals surface area (Å²) < 4.78 is 5.54. The van der Waals surface area contributed by atoms with Crippen molar-refractivity contribution in [3.63, 3.8) is 0 Å². The zero-order valence-electron chi connectivity index (χ0n) is 7.71. The quantitative estimate of drug-likeness (QED) is 0.462. The Kier molecular flexibility index (Phi) is 3.65. The van der Waals surface area contributed by atoms with Gasteiger partial charge in [-0.05, 0) is 25.3 Å². The van der Waals surface area contributed by atoms with Crippen LogP contribution in [0.2, 0.25) is 0 Å². The third-order valence-electron chi connectivity index (χ3n) is 2.22. The van der Waals surface area contributed by atoms with Gasteiger partial charge in [0, 0.05) is 6.61 Å². The third-order valence-corrected chi connectivity index (χ3v) is 3.61. The molecule has 1 aliphatic heterocycles. The van der Waals surface area contributed by atoms with Crippen molar-refractivity contribution in [2.45, 2.75) is 24.6 Å². The first-order valence-corrected chi connectivity index (χ1v) is 6.03. The summed E-state index contributed by atoms with van der Waals surface area (Å²) in [6, 6.07) is 0. The van der Waals surface area contributed by atoms with Gasteiger partial charge in [0.1, 0.15) is 5.35 Å². The first-order chi connectivity index (χ1) is 6.22. The molecule has 0 aromatic heterocycles. The molecule has 3 N–H and O–H groups in total. The number of rotatable bonds is 3. The Morgan fingerprint density at radius 2 is 2.46 bits per heavy atom. The van der Waals surface area contributed by atoms with E-state index >= 15 is 0 Å². The lowest BCUT2D eigenvalue weighted by Gasteiger charge is -2.36. The predicted molar refractivity (Wildman–Crippen MR) is 53.6 cm³/mol. The summed E-state index contributed by atoms with van der Waals surface area (Å²) >= 11 is 0. The van der Waals surface area contributed by atoms with Crippen molar-refractivity contribution in [3.05, 3.63) is 12.7 Å². The SMILES string of the molecule is C=CC(=O)NC1([SiH2]N)CCCCO1. The molecule has 0 saturated carbocycles. The highest BCUT2D eigenvalue weighted by Crippen LogP contribution is 2.19. The zero-order valence-corrected chi connectivity index (χ0v) is 9.13. The fourth-order valence-electron chi connectivity index (χ4n) is 1.44. The second-order valence-electron chi connectivity index (χ2n) is 3.20. The topological polar surface area (TPSA) is 64.4 Å². The summed E-state index contributed by atoms with van der Waals surface area (Å²) in [5.74, 6) is -0.195. The van der Waals surface area contributed by atoms with Crippen molar-refractivity contribution in [1.82, 2.24) is 5.32 Å². The first-order valence-electron chi connectivity index (χ1n) is 4.51. The Morgan fingerprint density at radius 1 is 1.69 bits per heavy atom. The van der Waals surface area contributed by atoms with Gasteiger partial charge < -0.3 is 15.5 Å². The molecule has 1 fully saturated rings. The highest BCUT2D eigenvalue weighted by Gasteiger charge is 2.32. The lowest BCUT2D eigenvalue weighted by atomic mass is 10.2. The molecule has 74 valence electrons. The summed E-state index contributed by atoms with van der Waals surface area (Å²) in [5, 5.41) is 7.98. The molecule has 1 atom stereocenters. The summed E-state index contributed by atoms with van der Waals surface area (Å²) in [7, 11) is -0.893. The molecule has 1 unspecified atom stereocenters. The summed E-state index contributed by atoms with van der Waals surface area (Å²) in [4.78, 5) is 11.1. The second kappa shape index (κ2) is 4.55. The van der Waals surface area contributed by atoms with Crippen LogP contribution in [0.25, 0.3) is 0 Å². The van der Waals surface area contributed by atoms with E-state index in [0.717, 1.165) is 19.3 Å². The Morgan fingerprint density at radius 3 is 2.92 bits per heavy atom. The number of carbonyl (C=O) groups is 1. The maximum absolute atomic E-state index is 11.1.